The second-order valence-electron chi connectivity index (χ2n) is 4.08. The molecule has 17 heavy (non-hydrogen) atoms. The second kappa shape index (κ2) is 4.90. The molecule has 0 spiro atoms. The number of rotatable bonds is 2. The fraction of sp³-hybridized carbons (Fsp3) is 0.250. The van der Waals surface area contributed by atoms with Gasteiger partial charge in [-0.1, -0.05) is 19.9 Å². The molecule has 5 heteroatoms. The normalized spacial score (nSPS) is 11.2. The molecule has 0 saturated carbocycles. The largest absolute Gasteiger partial charge is 0.281 e. The predicted molar refractivity (Wildman–Crippen MR) is 73.5 cm³/mol. The molecule has 0 radical (unpaired) electrons. The molecule has 0 aliphatic heterocycles. The van der Waals surface area contributed by atoms with E-state index >= 15 is 0 Å². The molecule has 0 bridgehead atoms. The maximum absolute atomic E-state index is 13.5. The molecule has 0 saturated heterocycles. The number of H-pyrrole nitrogens is 1. The molecule has 0 unspecified atom stereocenters. The molecular weight excluding hydrogens is 351 g/mol. The average molecular weight is 362 g/mol. The summed E-state index contributed by atoms with van der Waals surface area (Å²) in [6.45, 7) is 4.15. The molecule has 2 aromatic rings. The molecule has 0 fully saturated rings. The van der Waals surface area contributed by atoms with Gasteiger partial charge in [-0.3, -0.25) is 5.10 Å². The van der Waals surface area contributed by atoms with Crippen LogP contribution in [-0.4, -0.2) is 10.2 Å². The van der Waals surface area contributed by atoms with Crippen LogP contribution in [0.5, 0.6) is 0 Å². The first-order valence-corrected chi connectivity index (χ1v) is 6.78. The first kappa shape index (κ1) is 12.8. The maximum atomic E-state index is 13.5. The third-order valence-corrected chi connectivity index (χ3v) is 3.95. The van der Waals surface area contributed by atoms with Gasteiger partial charge in [0.15, 0.2) is 0 Å². The molecule has 1 heterocycles. The zero-order valence-electron chi connectivity index (χ0n) is 9.39. The predicted octanol–water partition coefficient (Wildman–Crippen LogP) is 4.86. The van der Waals surface area contributed by atoms with Crippen LogP contribution in [0.1, 0.15) is 25.5 Å². The zero-order valence-corrected chi connectivity index (χ0v) is 12.6. The van der Waals surface area contributed by atoms with Gasteiger partial charge in [-0.15, -0.1) is 0 Å². The molecule has 2 nitrogen and oxygen atoms in total. The summed E-state index contributed by atoms with van der Waals surface area (Å²) in [5, 5.41) is 7.20. The Bertz CT molecular complexity index is 549. The maximum Gasteiger partial charge on any atom is 0.138 e. The van der Waals surface area contributed by atoms with Crippen LogP contribution in [-0.2, 0) is 0 Å². The SMILES string of the molecule is CC(C)c1[nH]nc(-c2ccc(Br)c(F)c2)c1Br. The van der Waals surface area contributed by atoms with Crippen LogP contribution >= 0.6 is 31.9 Å². The zero-order chi connectivity index (χ0) is 12.6. The average Bonchev–Trinajstić information content (AvgIpc) is 2.64. The Labute approximate surface area is 116 Å². The highest BCUT2D eigenvalue weighted by molar-refractivity contribution is 9.10. The lowest BCUT2D eigenvalue weighted by atomic mass is 10.1. The van der Waals surface area contributed by atoms with Crippen molar-refractivity contribution in [3.8, 4) is 11.3 Å². The Kier molecular flexibility index (Phi) is 3.68. The van der Waals surface area contributed by atoms with Gasteiger partial charge in [0.1, 0.15) is 11.5 Å². The molecule has 90 valence electrons. The van der Waals surface area contributed by atoms with Gasteiger partial charge in [-0.25, -0.2) is 4.39 Å². The number of benzene rings is 1. The highest BCUT2D eigenvalue weighted by Crippen LogP contribution is 2.33. The number of aromatic nitrogens is 2. The summed E-state index contributed by atoms with van der Waals surface area (Å²) in [6, 6.07) is 4.98. The fourth-order valence-corrected chi connectivity index (χ4v) is 2.67. The van der Waals surface area contributed by atoms with Crippen LogP contribution in [0.15, 0.2) is 27.1 Å². The van der Waals surface area contributed by atoms with Crippen molar-refractivity contribution in [2.45, 2.75) is 19.8 Å². The molecule has 1 aromatic heterocycles. The first-order valence-electron chi connectivity index (χ1n) is 5.20. The van der Waals surface area contributed by atoms with E-state index in [-0.39, 0.29) is 5.82 Å². The number of nitrogens with zero attached hydrogens (tertiary/aromatic N) is 1. The Hall–Kier alpha value is -0.680. The van der Waals surface area contributed by atoms with E-state index in [0.29, 0.717) is 10.4 Å². The molecule has 1 aromatic carbocycles. The van der Waals surface area contributed by atoms with E-state index in [2.05, 4.69) is 55.9 Å². The van der Waals surface area contributed by atoms with Crippen LogP contribution in [0.3, 0.4) is 0 Å². The van der Waals surface area contributed by atoms with E-state index < -0.39 is 0 Å². The minimum atomic E-state index is -0.288. The second-order valence-corrected chi connectivity index (χ2v) is 5.73. The van der Waals surface area contributed by atoms with Crippen molar-refractivity contribution in [2.75, 3.05) is 0 Å². The van der Waals surface area contributed by atoms with Gasteiger partial charge in [-0.2, -0.15) is 5.10 Å². The Balaban J connectivity index is 2.50. The van der Waals surface area contributed by atoms with Crippen molar-refractivity contribution < 1.29 is 4.39 Å². The van der Waals surface area contributed by atoms with Crippen molar-refractivity contribution in [2.24, 2.45) is 0 Å². The highest BCUT2D eigenvalue weighted by Gasteiger charge is 2.15. The molecule has 0 aliphatic carbocycles. The third-order valence-electron chi connectivity index (χ3n) is 2.50. The summed E-state index contributed by atoms with van der Waals surface area (Å²) in [4.78, 5) is 0. The van der Waals surface area contributed by atoms with Crippen LogP contribution in [0.2, 0.25) is 0 Å². The summed E-state index contributed by atoms with van der Waals surface area (Å²) >= 11 is 6.64. The lowest BCUT2D eigenvalue weighted by Gasteiger charge is -2.02. The minimum absolute atomic E-state index is 0.288. The van der Waals surface area contributed by atoms with Crippen LogP contribution in [0.4, 0.5) is 4.39 Å². The van der Waals surface area contributed by atoms with Gasteiger partial charge >= 0.3 is 0 Å². The van der Waals surface area contributed by atoms with Gasteiger partial charge in [0.05, 0.1) is 14.6 Å². The van der Waals surface area contributed by atoms with Crippen molar-refractivity contribution in [1.29, 1.82) is 0 Å². The van der Waals surface area contributed by atoms with E-state index in [4.69, 9.17) is 0 Å². The first-order chi connectivity index (χ1) is 8.00. The topological polar surface area (TPSA) is 28.7 Å². The summed E-state index contributed by atoms with van der Waals surface area (Å²) in [6.07, 6.45) is 0. The van der Waals surface area contributed by atoms with E-state index in [0.717, 1.165) is 21.4 Å². The summed E-state index contributed by atoms with van der Waals surface area (Å²) in [5.74, 6) is 0.0504. The van der Waals surface area contributed by atoms with Crippen molar-refractivity contribution in [3.05, 3.63) is 38.7 Å². The van der Waals surface area contributed by atoms with Gasteiger partial charge < -0.3 is 0 Å². The standard InChI is InChI=1S/C12H11Br2FN2/c1-6(2)11-10(14)12(17-16-11)7-3-4-8(13)9(15)5-7/h3-6H,1-2H3,(H,16,17). The molecule has 2 rings (SSSR count). The Morgan fingerprint density at radius 3 is 2.53 bits per heavy atom. The number of hydrogen-bond donors (Lipinski definition) is 1. The van der Waals surface area contributed by atoms with Gasteiger partial charge in [0.2, 0.25) is 0 Å². The lowest BCUT2D eigenvalue weighted by molar-refractivity contribution is 0.621. The minimum Gasteiger partial charge on any atom is -0.281 e. The van der Waals surface area contributed by atoms with E-state index in [1.165, 1.54) is 6.07 Å². The van der Waals surface area contributed by atoms with Crippen LogP contribution in [0, 0.1) is 5.82 Å². The van der Waals surface area contributed by atoms with Crippen LogP contribution < -0.4 is 0 Å². The van der Waals surface area contributed by atoms with Crippen molar-refractivity contribution in [3.63, 3.8) is 0 Å². The molecule has 0 aliphatic rings. The lowest BCUT2D eigenvalue weighted by Crippen LogP contribution is -1.87. The third kappa shape index (κ3) is 2.45. The Morgan fingerprint density at radius 2 is 2.00 bits per heavy atom. The molecule has 0 amide bonds. The summed E-state index contributed by atoms with van der Waals surface area (Å²) < 4.78 is 14.8. The quantitative estimate of drug-likeness (QED) is 0.812. The number of halogens is 3. The van der Waals surface area contributed by atoms with Gasteiger partial charge in [-0.05, 0) is 49.9 Å². The van der Waals surface area contributed by atoms with Gasteiger partial charge in [0, 0.05) is 5.56 Å². The monoisotopic (exact) mass is 360 g/mol. The van der Waals surface area contributed by atoms with Gasteiger partial charge in [0.25, 0.3) is 0 Å². The number of aromatic amines is 1. The van der Waals surface area contributed by atoms with E-state index in [1.807, 2.05) is 6.07 Å². The Morgan fingerprint density at radius 1 is 1.29 bits per heavy atom. The van der Waals surface area contributed by atoms with Crippen molar-refractivity contribution >= 4 is 31.9 Å². The number of hydrogen-bond acceptors (Lipinski definition) is 1. The van der Waals surface area contributed by atoms with E-state index in [9.17, 15) is 4.39 Å². The van der Waals surface area contributed by atoms with Crippen LogP contribution in [0.25, 0.3) is 11.3 Å². The molecular formula is C12H11Br2FN2. The fourth-order valence-electron chi connectivity index (χ4n) is 1.56. The smallest absolute Gasteiger partial charge is 0.138 e. The summed E-state index contributed by atoms with van der Waals surface area (Å²) in [7, 11) is 0. The number of nitrogens with one attached hydrogen (secondary N) is 1. The molecule has 0 atom stereocenters. The van der Waals surface area contributed by atoms with E-state index in [1.54, 1.807) is 6.07 Å². The summed E-state index contributed by atoms with van der Waals surface area (Å²) in [5.41, 5.74) is 2.50. The van der Waals surface area contributed by atoms with Crippen molar-refractivity contribution in [1.82, 2.24) is 10.2 Å². The highest BCUT2D eigenvalue weighted by atomic mass is 79.9. The molecule has 1 N–H and O–H groups in total.